The van der Waals surface area contributed by atoms with E-state index in [1.807, 2.05) is 57.2 Å². The second kappa shape index (κ2) is 9.88. The zero-order valence-corrected chi connectivity index (χ0v) is 16.1. The molecule has 2 rings (SSSR count). The van der Waals surface area contributed by atoms with Gasteiger partial charge in [-0.3, -0.25) is 4.57 Å². The smallest absolute Gasteiger partial charge is 0.309 e. The first-order valence-electron chi connectivity index (χ1n) is 8.82. The van der Waals surface area contributed by atoms with Crippen LogP contribution in [0.15, 0.2) is 60.7 Å². The lowest BCUT2D eigenvalue weighted by Gasteiger charge is -2.27. The van der Waals surface area contributed by atoms with Crippen LogP contribution in [0.3, 0.4) is 0 Å². The van der Waals surface area contributed by atoms with E-state index in [0.29, 0.717) is 19.4 Å². The third-order valence-corrected chi connectivity index (χ3v) is 6.16. The number of hydrogen-bond donors (Lipinski definition) is 1. The largest absolute Gasteiger partial charge is 0.332 e. The summed E-state index contributed by atoms with van der Waals surface area (Å²) in [4.78, 5) is 0. The Kier molecular flexibility index (Phi) is 7.86. The molecule has 136 valence electrons. The standard InChI is InChI=1S/C20H28NO3P/c1-4-23-25(22,24-5-2)16-17(3)21-20(18-12-8-6-9-13-18)19-14-10-7-11-15-19/h6-15,17,20-21H,4-5,16H2,1-3H3. The number of benzene rings is 2. The molecule has 1 atom stereocenters. The Bertz CT molecular complexity index is 614. The van der Waals surface area contributed by atoms with Crippen LogP contribution < -0.4 is 5.32 Å². The Hall–Kier alpha value is -1.45. The van der Waals surface area contributed by atoms with Crippen molar-refractivity contribution < 1.29 is 13.6 Å². The van der Waals surface area contributed by atoms with Crippen molar-refractivity contribution in [2.45, 2.75) is 32.9 Å². The van der Waals surface area contributed by atoms with E-state index in [1.165, 1.54) is 11.1 Å². The zero-order chi connectivity index (χ0) is 18.1. The minimum atomic E-state index is -3.08. The lowest BCUT2D eigenvalue weighted by Crippen LogP contribution is -2.34. The van der Waals surface area contributed by atoms with E-state index >= 15 is 0 Å². The van der Waals surface area contributed by atoms with Gasteiger partial charge in [0.15, 0.2) is 0 Å². The highest BCUT2D eigenvalue weighted by atomic mass is 31.2. The molecule has 0 aliphatic heterocycles. The topological polar surface area (TPSA) is 47.6 Å². The highest BCUT2D eigenvalue weighted by Gasteiger charge is 2.28. The first-order chi connectivity index (χ1) is 12.1. The highest BCUT2D eigenvalue weighted by molar-refractivity contribution is 7.53. The zero-order valence-electron chi connectivity index (χ0n) is 15.2. The number of nitrogens with one attached hydrogen (secondary N) is 1. The normalized spacial score (nSPS) is 13.1. The summed E-state index contributed by atoms with van der Waals surface area (Å²) < 4.78 is 23.6. The van der Waals surface area contributed by atoms with Gasteiger partial charge in [-0.15, -0.1) is 0 Å². The molecular formula is C20H28NO3P. The van der Waals surface area contributed by atoms with Crippen molar-refractivity contribution in [1.82, 2.24) is 5.32 Å². The Morgan fingerprint density at radius 2 is 1.32 bits per heavy atom. The molecular weight excluding hydrogens is 333 g/mol. The van der Waals surface area contributed by atoms with E-state index < -0.39 is 7.60 Å². The minimum absolute atomic E-state index is 0.0223. The monoisotopic (exact) mass is 361 g/mol. The quantitative estimate of drug-likeness (QED) is 0.604. The van der Waals surface area contributed by atoms with E-state index in [2.05, 4.69) is 29.6 Å². The molecule has 5 heteroatoms. The maximum Gasteiger partial charge on any atom is 0.332 e. The van der Waals surface area contributed by atoms with Crippen molar-refractivity contribution >= 4 is 7.60 Å². The molecule has 1 N–H and O–H groups in total. The highest BCUT2D eigenvalue weighted by Crippen LogP contribution is 2.48. The van der Waals surface area contributed by atoms with Gasteiger partial charge in [0.25, 0.3) is 0 Å². The Balaban J connectivity index is 2.18. The summed E-state index contributed by atoms with van der Waals surface area (Å²) in [6, 6.07) is 20.5. The maximum absolute atomic E-state index is 12.8. The van der Waals surface area contributed by atoms with Crippen molar-refractivity contribution in [3.05, 3.63) is 71.8 Å². The van der Waals surface area contributed by atoms with E-state index in [0.717, 1.165) is 0 Å². The second-order valence-corrected chi connectivity index (χ2v) is 8.05. The van der Waals surface area contributed by atoms with E-state index in [1.54, 1.807) is 0 Å². The van der Waals surface area contributed by atoms with Crippen LogP contribution >= 0.6 is 7.60 Å². The second-order valence-electron chi connectivity index (χ2n) is 5.95. The van der Waals surface area contributed by atoms with E-state index in [-0.39, 0.29) is 12.1 Å². The van der Waals surface area contributed by atoms with E-state index in [4.69, 9.17) is 9.05 Å². The van der Waals surface area contributed by atoms with Crippen LogP contribution in [0.25, 0.3) is 0 Å². The Labute approximate surface area is 151 Å². The Morgan fingerprint density at radius 1 is 0.880 bits per heavy atom. The Morgan fingerprint density at radius 3 is 1.72 bits per heavy atom. The minimum Gasteiger partial charge on any atom is -0.309 e. The molecule has 2 aromatic carbocycles. The SMILES string of the molecule is CCOP(=O)(CC(C)NC(c1ccccc1)c1ccccc1)OCC. The average molecular weight is 361 g/mol. The van der Waals surface area contributed by atoms with Crippen molar-refractivity contribution in [3.63, 3.8) is 0 Å². The van der Waals surface area contributed by atoms with Crippen LogP contribution in [0, 0.1) is 0 Å². The average Bonchev–Trinajstić information content (AvgIpc) is 2.61. The number of rotatable bonds is 10. The molecule has 0 aromatic heterocycles. The first kappa shape index (κ1) is 19.9. The summed E-state index contributed by atoms with van der Waals surface area (Å²) in [7, 11) is -3.08. The molecule has 0 bridgehead atoms. The van der Waals surface area contributed by atoms with Gasteiger partial charge in [0.1, 0.15) is 0 Å². The summed E-state index contributed by atoms with van der Waals surface area (Å²) in [6.07, 6.45) is 0.338. The molecule has 4 nitrogen and oxygen atoms in total. The third-order valence-electron chi connectivity index (χ3n) is 3.87. The summed E-state index contributed by atoms with van der Waals surface area (Å²) >= 11 is 0. The molecule has 0 saturated heterocycles. The van der Waals surface area contributed by atoms with Gasteiger partial charge in [-0.05, 0) is 31.9 Å². The van der Waals surface area contributed by atoms with E-state index in [9.17, 15) is 4.57 Å². The van der Waals surface area contributed by atoms with Crippen LogP contribution in [-0.2, 0) is 13.6 Å². The summed E-state index contributed by atoms with van der Waals surface area (Å²) in [5.41, 5.74) is 2.34. The molecule has 0 heterocycles. The maximum atomic E-state index is 12.8. The lowest BCUT2D eigenvalue weighted by atomic mass is 9.98. The van der Waals surface area contributed by atoms with Crippen LogP contribution in [0.5, 0.6) is 0 Å². The third kappa shape index (κ3) is 6.09. The summed E-state index contributed by atoms with van der Waals surface area (Å²) in [5, 5.41) is 3.59. The molecule has 0 fully saturated rings. The van der Waals surface area contributed by atoms with Crippen LogP contribution in [0.4, 0.5) is 0 Å². The fraction of sp³-hybridized carbons (Fsp3) is 0.400. The summed E-state index contributed by atoms with van der Waals surface area (Å²) in [5.74, 6) is 0. The van der Waals surface area contributed by atoms with Gasteiger partial charge >= 0.3 is 7.60 Å². The van der Waals surface area contributed by atoms with Gasteiger partial charge in [0, 0.05) is 6.04 Å². The fourth-order valence-electron chi connectivity index (χ4n) is 2.88. The van der Waals surface area contributed by atoms with Crippen LogP contribution in [0.1, 0.15) is 37.9 Å². The van der Waals surface area contributed by atoms with Crippen molar-refractivity contribution in [1.29, 1.82) is 0 Å². The van der Waals surface area contributed by atoms with Gasteiger partial charge in [-0.25, -0.2) is 0 Å². The predicted molar refractivity (Wildman–Crippen MR) is 103 cm³/mol. The van der Waals surface area contributed by atoms with Gasteiger partial charge in [-0.1, -0.05) is 60.7 Å². The summed E-state index contributed by atoms with van der Waals surface area (Å²) in [6.45, 7) is 6.44. The molecule has 0 saturated carbocycles. The molecule has 0 aliphatic rings. The van der Waals surface area contributed by atoms with Crippen LogP contribution in [0.2, 0.25) is 0 Å². The van der Waals surface area contributed by atoms with Gasteiger partial charge < -0.3 is 14.4 Å². The molecule has 1 unspecified atom stereocenters. The van der Waals surface area contributed by atoms with Gasteiger partial charge in [0.05, 0.1) is 25.4 Å². The molecule has 0 radical (unpaired) electrons. The van der Waals surface area contributed by atoms with Crippen LogP contribution in [-0.4, -0.2) is 25.4 Å². The van der Waals surface area contributed by atoms with Gasteiger partial charge in [0.2, 0.25) is 0 Å². The van der Waals surface area contributed by atoms with Gasteiger partial charge in [-0.2, -0.15) is 0 Å². The fourth-order valence-corrected chi connectivity index (χ4v) is 4.73. The molecule has 0 amide bonds. The van der Waals surface area contributed by atoms with Crippen molar-refractivity contribution in [3.8, 4) is 0 Å². The molecule has 25 heavy (non-hydrogen) atoms. The predicted octanol–water partition coefficient (Wildman–Crippen LogP) is 5.02. The lowest BCUT2D eigenvalue weighted by molar-refractivity contribution is 0.217. The molecule has 0 spiro atoms. The molecule has 2 aromatic rings. The number of hydrogen-bond acceptors (Lipinski definition) is 4. The first-order valence-corrected chi connectivity index (χ1v) is 10.5. The molecule has 0 aliphatic carbocycles. The van der Waals surface area contributed by atoms with Crippen molar-refractivity contribution in [2.75, 3.05) is 19.4 Å². The van der Waals surface area contributed by atoms with Crippen molar-refractivity contribution in [2.24, 2.45) is 0 Å².